The second kappa shape index (κ2) is 1.77. The summed E-state index contributed by atoms with van der Waals surface area (Å²) in [6.45, 7) is 2.22. The molecule has 9 heavy (non-hydrogen) atoms. The number of rotatable bonds is 0. The van der Waals surface area contributed by atoms with Crippen molar-refractivity contribution in [3.8, 4) is 12.3 Å². The Morgan fingerprint density at radius 3 is 2.78 bits per heavy atom. The van der Waals surface area contributed by atoms with Gasteiger partial charge in [0.25, 0.3) is 0 Å². The fraction of sp³-hybridized carbons (Fsp3) is 0.571. The van der Waals surface area contributed by atoms with Crippen LogP contribution in [0.1, 0.15) is 13.3 Å². The van der Waals surface area contributed by atoms with E-state index in [0.29, 0.717) is 13.0 Å². The summed E-state index contributed by atoms with van der Waals surface area (Å²) in [6, 6.07) is 0. The molecule has 1 unspecified atom stereocenters. The van der Waals surface area contributed by atoms with E-state index in [0.717, 1.165) is 0 Å². The van der Waals surface area contributed by atoms with Crippen LogP contribution in [0.25, 0.3) is 0 Å². The molecule has 0 bridgehead atoms. The first-order valence-corrected chi connectivity index (χ1v) is 2.80. The third kappa shape index (κ3) is 1.05. The van der Waals surface area contributed by atoms with E-state index in [1.165, 1.54) is 0 Å². The van der Waals surface area contributed by atoms with Gasteiger partial charge in [-0.3, -0.25) is 4.79 Å². The Hall–Kier alpha value is -0.970. The molecule has 1 atom stereocenters. The summed E-state index contributed by atoms with van der Waals surface area (Å²) in [5, 5.41) is 0. The molecule has 1 aliphatic heterocycles. The van der Waals surface area contributed by atoms with Gasteiger partial charge in [0.15, 0.2) is 0 Å². The lowest BCUT2D eigenvalue weighted by atomic mass is 9.91. The Balaban J connectivity index is 2.68. The second-order valence-corrected chi connectivity index (χ2v) is 2.54. The highest BCUT2D eigenvalue weighted by Gasteiger charge is 2.33. The van der Waals surface area contributed by atoms with Crippen molar-refractivity contribution in [1.29, 1.82) is 0 Å². The van der Waals surface area contributed by atoms with E-state index in [-0.39, 0.29) is 11.4 Å². The van der Waals surface area contributed by atoms with Gasteiger partial charge in [-0.2, -0.15) is 0 Å². The molecule has 48 valence electrons. The summed E-state index contributed by atoms with van der Waals surface area (Å²) >= 11 is 0. The van der Waals surface area contributed by atoms with Gasteiger partial charge in [0.2, 0.25) is 0 Å². The van der Waals surface area contributed by atoms with Crippen LogP contribution in [0.15, 0.2) is 0 Å². The van der Waals surface area contributed by atoms with Crippen molar-refractivity contribution in [2.75, 3.05) is 6.61 Å². The van der Waals surface area contributed by atoms with Crippen LogP contribution in [0.5, 0.6) is 0 Å². The summed E-state index contributed by atoms with van der Waals surface area (Å²) < 4.78 is 4.68. The fourth-order valence-electron chi connectivity index (χ4n) is 0.753. The van der Waals surface area contributed by atoms with Crippen molar-refractivity contribution in [2.24, 2.45) is 5.41 Å². The first-order chi connectivity index (χ1) is 4.16. The predicted octanol–water partition coefficient (Wildman–Crippen LogP) is 0.573. The molecule has 0 aliphatic carbocycles. The van der Waals surface area contributed by atoms with Crippen LogP contribution in [0.3, 0.4) is 0 Å². The van der Waals surface area contributed by atoms with Crippen molar-refractivity contribution < 1.29 is 9.53 Å². The number of terminal acetylenes is 1. The zero-order valence-electron chi connectivity index (χ0n) is 5.31. The monoisotopic (exact) mass is 124 g/mol. The molecule has 1 rings (SSSR count). The minimum Gasteiger partial charge on any atom is -0.464 e. The van der Waals surface area contributed by atoms with Gasteiger partial charge in [-0.25, -0.2) is 0 Å². The molecular weight excluding hydrogens is 116 g/mol. The van der Waals surface area contributed by atoms with Crippen LogP contribution in [-0.2, 0) is 9.53 Å². The lowest BCUT2D eigenvalue weighted by Gasteiger charge is -2.08. The third-order valence-corrected chi connectivity index (χ3v) is 1.43. The number of hydrogen-bond acceptors (Lipinski definition) is 2. The minimum atomic E-state index is -0.336. The Kier molecular flexibility index (Phi) is 1.21. The first kappa shape index (κ1) is 6.15. The van der Waals surface area contributed by atoms with Crippen LogP contribution in [-0.4, -0.2) is 12.6 Å². The number of esters is 1. The van der Waals surface area contributed by atoms with Gasteiger partial charge in [-0.05, 0) is 6.92 Å². The van der Waals surface area contributed by atoms with Crippen LogP contribution in [0, 0.1) is 17.8 Å². The van der Waals surface area contributed by atoms with Gasteiger partial charge in [0.1, 0.15) is 6.61 Å². The molecule has 0 N–H and O–H groups in total. The number of cyclic esters (lactones) is 1. The van der Waals surface area contributed by atoms with Crippen LogP contribution >= 0.6 is 0 Å². The molecule has 2 heteroatoms. The van der Waals surface area contributed by atoms with Crippen molar-refractivity contribution >= 4 is 5.97 Å². The molecule has 2 nitrogen and oxygen atoms in total. The van der Waals surface area contributed by atoms with Crippen LogP contribution < -0.4 is 0 Å². The zero-order chi connectivity index (χ0) is 6.91. The number of hydrogen-bond donors (Lipinski definition) is 0. The van der Waals surface area contributed by atoms with Crippen molar-refractivity contribution in [1.82, 2.24) is 0 Å². The largest absolute Gasteiger partial charge is 0.464 e. The molecule has 1 saturated heterocycles. The summed E-state index contributed by atoms with van der Waals surface area (Å²) in [7, 11) is 0. The number of carbonyl (C=O) groups is 1. The Bertz CT molecular complexity index is 178. The second-order valence-electron chi connectivity index (χ2n) is 2.54. The van der Waals surface area contributed by atoms with E-state index in [4.69, 9.17) is 6.42 Å². The molecule has 1 heterocycles. The normalized spacial score (nSPS) is 33.6. The van der Waals surface area contributed by atoms with E-state index in [1.807, 2.05) is 6.92 Å². The Morgan fingerprint density at radius 1 is 1.89 bits per heavy atom. The standard InChI is InChI=1S/C7H8O2/c1-3-7(2)4-6(8)9-5-7/h1H,4-5H2,2H3. The Morgan fingerprint density at radius 2 is 2.56 bits per heavy atom. The van der Waals surface area contributed by atoms with E-state index < -0.39 is 0 Å². The van der Waals surface area contributed by atoms with Gasteiger partial charge in [-0.1, -0.05) is 5.92 Å². The average Bonchev–Trinajstić information content (AvgIpc) is 2.13. The van der Waals surface area contributed by atoms with Crippen molar-refractivity contribution in [2.45, 2.75) is 13.3 Å². The molecule has 1 fully saturated rings. The third-order valence-electron chi connectivity index (χ3n) is 1.43. The van der Waals surface area contributed by atoms with E-state index in [9.17, 15) is 4.79 Å². The number of carbonyl (C=O) groups excluding carboxylic acids is 1. The predicted molar refractivity (Wildman–Crippen MR) is 32.5 cm³/mol. The minimum absolute atomic E-state index is 0.185. The topological polar surface area (TPSA) is 26.3 Å². The van der Waals surface area contributed by atoms with Crippen molar-refractivity contribution in [3.63, 3.8) is 0 Å². The molecule has 0 aromatic heterocycles. The maximum atomic E-state index is 10.5. The van der Waals surface area contributed by atoms with Gasteiger partial charge in [0.05, 0.1) is 11.8 Å². The maximum Gasteiger partial charge on any atom is 0.307 e. The molecular formula is C7H8O2. The molecule has 0 radical (unpaired) electrons. The van der Waals surface area contributed by atoms with E-state index in [1.54, 1.807) is 0 Å². The molecule has 0 spiro atoms. The maximum absolute atomic E-state index is 10.5. The zero-order valence-corrected chi connectivity index (χ0v) is 5.31. The van der Waals surface area contributed by atoms with Gasteiger partial charge >= 0.3 is 5.97 Å². The molecule has 0 aromatic rings. The van der Waals surface area contributed by atoms with Crippen LogP contribution in [0.4, 0.5) is 0 Å². The van der Waals surface area contributed by atoms with Crippen molar-refractivity contribution in [3.05, 3.63) is 0 Å². The first-order valence-electron chi connectivity index (χ1n) is 2.80. The number of ether oxygens (including phenoxy) is 1. The van der Waals surface area contributed by atoms with E-state index >= 15 is 0 Å². The lowest BCUT2D eigenvalue weighted by molar-refractivity contribution is -0.137. The lowest BCUT2D eigenvalue weighted by Crippen LogP contribution is -2.12. The van der Waals surface area contributed by atoms with Gasteiger partial charge in [-0.15, -0.1) is 6.42 Å². The highest BCUT2D eigenvalue weighted by atomic mass is 16.5. The SMILES string of the molecule is C#CC1(C)COC(=O)C1. The molecule has 0 amide bonds. The summed E-state index contributed by atoms with van der Waals surface area (Å²) in [5.74, 6) is 2.34. The van der Waals surface area contributed by atoms with Gasteiger partial charge in [0, 0.05) is 0 Å². The summed E-state index contributed by atoms with van der Waals surface area (Å²) in [5.41, 5.74) is -0.336. The fourth-order valence-corrected chi connectivity index (χ4v) is 0.753. The summed E-state index contributed by atoms with van der Waals surface area (Å²) in [6.07, 6.45) is 5.51. The smallest absolute Gasteiger partial charge is 0.307 e. The average molecular weight is 124 g/mol. The highest BCUT2D eigenvalue weighted by Crippen LogP contribution is 2.26. The van der Waals surface area contributed by atoms with E-state index in [2.05, 4.69) is 10.7 Å². The quantitative estimate of drug-likeness (QED) is 0.348. The Labute approximate surface area is 54.2 Å². The molecule has 1 aliphatic rings. The molecule has 0 saturated carbocycles. The van der Waals surface area contributed by atoms with Crippen LogP contribution in [0.2, 0.25) is 0 Å². The molecule has 0 aromatic carbocycles. The summed E-state index contributed by atoms with van der Waals surface area (Å²) in [4.78, 5) is 10.5. The van der Waals surface area contributed by atoms with Gasteiger partial charge < -0.3 is 4.74 Å². The highest BCUT2D eigenvalue weighted by molar-refractivity contribution is 5.73.